The van der Waals surface area contributed by atoms with Gasteiger partial charge in [-0.1, -0.05) is 11.6 Å². The van der Waals surface area contributed by atoms with E-state index in [-0.39, 0.29) is 12.5 Å². The number of likely N-dealkylation sites (N-methyl/N-ethyl adjacent to an activating group) is 1. The number of amides is 1. The largest absolute Gasteiger partial charge is 0.395 e. The zero-order chi connectivity index (χ0) is 14.5. The number of benzene rings is 1. The summed E-state index contributed by atoms with van der Waals surface area (Å²) in [5, 5.41) is 9.06. The van der Waals surface area contributed by atoms with Crippen LogP contribution in [0, 0.1) is 6.92 Å². The Kier molecular flexibility index (Phi) is 4.53. The van der Waals surface area contributed by atoms with Gasteiger partial charge in [-0.05, 0) is 26.0 Å². The summed E-state index contributed by atoms with van der Waals surface area (Å²) < 4.78 is 1.82. The van der Waals surface area contributed by atoms with E-state index in [1.54, 1.807) is 17.4 Å². The number of aliphatic hydroxyl groups excluding tert-OH is 1. The minimum atomic E-state index is -0.0750. The van der Waals surface area contributed by atoms with Crippen molar-refractivity contribution in [1.82, 2.24) is 14.5 Å². The van der Waals surface area contributed by atoms with Crippen LogP contribution in [-0.2, 0) is 0 Å². The summed E-state index contributed by atoms with van der Waals surface area (Å²) in [6.45, 7) is 4.73. The van der Waals surface area contributed by atoms with Crippen LogP contribution < -0.4 is 0 Å². The highest BCUT2D eigenvalue weighted by Crippen LogP contribution is 2.18. The predicted molar refractivity (Wildman–Crippen MR) is 77.0 cm³/mol. The van der Waals surface area contributed by atoms with Crippen LogP contribution in [0.25, 0.3) is 5.69 Å². The van der Waals surface area contributed by atoms with Crippen molar-refractivity contribution in [3.63, 3.8) is 0 Å². The van der Waals surface area contributed by atoms with Crippen LogP contribution in [-0.4, -0.2) is 45.2 Å². The van der Waals surface area contributed by atoms with Crippen molar-refractivity contribution in [2.45, 2.75) is 13.8 Å². The molecule has 1 N–H and O–H groups in total. The van der Waals surface area contributed by atoms with Crippen LogP contribution in [0.1, 0.15) is 22.8 Å². The first-order valence-electron chi connectivity index (χ1n) is 6.66. The van der Waals surface area contributed by atoms with Gasteiger partial charge in [0.15, 0.2) is 0 Å². The first-order valence-corrected chi connectivity index (χ1v) is 6.66. The Hall–Kier alpha value is -2.14. The second-order valence-electron chi connectivity index (χ2n) is 4.60. The summed E-state index contributed by atoms with van der Waals surface area (Å²) in [4.78, 5) is 18.3. The lowest BCUT2D eigenvalue weighted by Gasteiger charge is -2.21. The molecule has 5 nitrogen and oxygen atoms in total. The van der Waals surface area contributed by atoms with E-state index < -0.39 is 0 Å². The van der Waals surface area contributed by atoms with Crippen molar-refractivity contribution in [2.75, 3.05) is 19.7 Å². The van der Waals surface area contributed by atoms with Crippen molar-refractivity contribution in [3.8, 4) is 5.69 Å². The van der Waals surface area contributed by atoms with Gasteiger partial charge in [0.1, 0.15) is 0 Å². The van der Waals surface area contributed by atoms with E-state index in [1.165, 1.54) is 0 Å². The number of aromatic nitrogens is 2. The molecular formula is C15H19N3O2. The zero-order valence-corrected chi connectivity index (χ0v) is 11.8. The van der Waals surface area contributed by atoms with Crippen molar-refractivity contribution in [2.24, 2.45) is 0 Å². The van der Waals surface area contributed by atoms with E-state index in [2.05, 4.69) is 4.98 Å². The van der Waals surface area contributed by atoms with Crippen LogP contribution in [0.4, 0.5) is 0 Å². The summed E-state index contributed by atoms with van der Waals surface area (Å²) >= 11 is 0. The molecule has 0 unspecified atom stereocenters. The monoisotopic (exact) mass is 273 g/mol. The molecule has 106 valence electrons. The average Bonchev–Trinajstić information content (AvgIpc) is 2.98. The molecular weight excluding hydrogens is 254 g/mol. The van der Waals surface area contributed by atoms with Crippen molar-refractivity contribution in [3.05, 3.63) is 48.0 Å². The lowest BCUT2D eigenvalue weighted by Crippen LogP contribution is -2.34. The molecule has 1 heterocycles. The highest BCUT2D eigenvalue weighted by Gasteiger charge is 2.18. The summed E-state index contributed by atoms with van der Waals surface area (Å²) in [5.74, 6) is -0.0750. The molecule has 0 spiro atoms. The number of hydrogen-bond donors (Lipinski definition) is 1. The van der Waals surface area contributed by atoms with E-state index in [1.807, 2.05) is 42.8 Å². The zero-order valence-electron chi connectivity index (χ0n) is 11.8. The normalized spacial score (nSPS) is 10.6. The van der Waals surface area contributed by atoms with E-state index >= 15 is 0 Å². The Balaban J connectivity index is 2.44. The SMILES string of the molecule is CCN(CCO)C(=O)c1cc(C)ccc1-n1ccnc1. The maximum absolute atomic E-state index is 12.6. The first kappa shape index (κ1) is 14.3. The summed E-state index contributed by atoms with van der Waals surface area (Å²) in [6.07, 6.45) is 5.16. The van der Waals surface area contributed by atoms with E-state index in [0.717, 1.165) is 11.3 Å². The molecule has 0 saturated carbocycles. The molecule has 0 bridgehead atoms. The molecule has 0 atom stereocenters. The third kappa shape index (κ3) is 2.88. The first-order chi connectivity index (χ1) is 9.67. The van der Waals surface area contributed by atoms with Gasteiger partial charge in [0.2, 0.25) is 0 Å². The van der Waals surface area contributed by atoms with Crippen molar-refractivity contribution in [1.29, 1.82) is 0 Å². The number of imidazole rings is 1. The predicted octanol–water partition coefficient (Wildman–Crippen LogP) is 1.64. The standard InChI is InChI=1S/C15H19N3O2/c1-3-17(8-9-19)15(20)13-10-12(2)4-5-14(13)18-7-6-16-11-18/h4-7,10-11,19H,3,8-9H2,1-2H3. The number of aliphatic hydroxyl groups is 1. The Morgan fingerprint density at radius 3 is 2.85 bits per heavy atom. The van der Waals surface area contributed by atoms with E-state index in [9.17, 15) is 4.79 Å². The quantitative estimate of drug-likeness (QED) is 0.901. The fraction of sp³-hybridized carbons (Fsp3) is 0.333. The molecule has 0 aliphatic heterocycles. The topological polar surface area (TPSA) is 58.4 Å². The Bertz CT molecular complexity index is 579. The summed E-state index contributed by atoms with van der Waals surface area (Å²) in [7, 11) is 0. The highest BCUT2D eigenvalue weighted by atomic mass is 16.3. The molecule has 1 amide bonds. The van der Waals surface area contributed by atoms with Crippen LogP contribution in [0.3, 0.4) is 0 Å². The number of aryl methyl sites for hydroxylation is 1. The summed E-state index contributed by atoms with van der Waals surface area (Å²) in [6, 6.07) is 5.75. The average molecular weight is 273 g/mol. The third-order valence-electron chi connectivity index (χ3n) is 3.20. The fourth-order valence-corrected chi connectivity index (χ4v) is 2.14. The van der Waals surface area contributed by atoms with Gasteiger partial charge in [0, 0.05) is 25.5 Å². The lowest BCUT2D eigenvalue weighted by atomic mass is 10.1. The summed E-state index contributed by atoms with van der Waals surface area (Å²) in [5.41, 5.74) is 2.45. The van der Waals surface area contributed by atoms with Gasteiger partial charge in [0.05, 0.1) is 24.2 Å². The van der Waals surface area contributed by atoms with Crippen LogP contribution in [0.2, 0.25) is 0 Å². The van der Waals surface area contributed by atoms with E-state index in [0.29, 0.717) is 18.7 Å². The molecule has 0 fully saturated rings. The molecule has 2 rings (SSSR count). The van der Waals surface area contributed by atoms with Gasteiger partial charge in [-0.15, -0.1) is 0 Å². The highest BCUT2D eigenvalue weighted by molar-refractivity contribution is 5.98. The number of rotatable bonds is 5. The van der Waals surface area contributed by atoms with Gasteiger partial charge < -0.3 is 14.6 Å². The van der Waals surface area contributed by atoms with Gasteiger partial charge in [-0.3, -0.25) is 4.79 Å². The minimum absolute atomic E-state index is 0.0359. The second kappa shape index (κ2) is 6.34. The lowest BCUT2D eigenvalue weighted by molar-refractivity contribution is 0.0732. The molecule has 2 aromatic rings. The molecule has 0 radical (unpaired) electrons. The molecule has 0 saturated heterocycles. The second-order valence-corrected chi connectivity index (χ2v) is 4.60. The number of carbonyl (C=O) groups excluding carboxylic acids is 1. The molecule has 1 aromatic heterocycles. The minimum Gasteiger partial charge on any atom is -0.395 e. The Labute approximate surface area is 118 Å². The van der Waals surface area contributed by atoms with Crippen LogP contribution >= 0.6 is 0 Å². The Morgan fingerprint density at radius 2 is 2.25 bits per heavy atom. The maximum atomic E-state index is 12.6. The Morgan fingerprint density at radius 1 is 1.45 bits per heavy atom. The molecule has 1 aromatic carbocycles. The van der Waals surface area contributed by atoms with Gasteiger partial charge in [-0.2, -0.15) is 0 Å². The fourth-order valence-electron chi connectivity index (χ4n) is 2.14. The van der Waals surface area contributed by atoms with Crippen LogP contribution in [0.5, 0.6) is 0 Å². The third-order valence-corrected chi connectivity index (χ3v) is 3.20. The van der Waals surface area contributed by atoms with Gasteiger partial charge in [0.25, 0.3) is 5.91 Å². The van der Waals surface area contributed by atoms with Gasteiger partial charge >= 0.3 is 0 Å². The molecule has 20 heavy (non-hydrogen) atoms. The molecule has 0 aliphatic rings. The smallest absolute Gasteiger partial charge is 0.256 e. The van der Waals surface area contributed by atoms with Gasteiger partial charge in [-0.25, -0.2) is 4.98 Å². The van der Waals surface area contributed by atoms with E-state index in [4.69, 9.17) is 5.11 Å². The molecule has 0 aliphatic carbocycles. The number of carbonyl (C=O) groups is 1. The van der Waals surface area contributed by atoms with Crippen molar-refractivity contribution >= 4 is 5.91 Å². The molecule has 5 heteroatoms. The maximum Gasteiger partial charge on any atom is 0.256 e. The van der Waals surface area contributed by atoms with Crippen LogP contribution in [0.15, 0.2) is 36.9 Å². The van der Waals surface area contributed by atoms with Crippen molar-refractivity contribution < 1.29 is 9.90 Å². The number of nitrogens with zero attached hydrogens (tertiary/aromatic N) is 3. The number of hydrogen-bond acceptors (Lipinski definition) is 3.